The normalized spacial score (nSPS) is 12.2. The molecule has 0 radical (unpaired) electrons. The van der Waals surface area contributed by atoms with Crippen LogP contribution in [0.1, 0.15) is 40.8 Å². The number of carbonyl (C=O) groups excluding carboxylic acids is 1. The lowest BCUT2D eigenvalue weighted by Gasteiger charge is -2.17. The molecule has 2 aromatic rings. The Hall–Kier alpha value is -2.95. The van der Waals surface area contributed by atoms with Crippen LogP contribution in [0, 0.1) is 30.9 Å². The van der Waals surface area contributed by atoms with E-state index in [-0.39, 0.29) is 17.6 Å². The minimum absolute atomic E-state index is 0.0282. The number of nitro groups is 1. The van der Waals surface area contributed by atoms with Crippen molar-refractivity contribution < 1.29 is 9.72 Å². The van der Waals surface area contributed by atoms with Crippen LogP contribution >= 0.6 is 0 Å². The van der Waals surface area contributed by atoms with Crippen LogP contribution in [-0.2, 0) is 4.79 Å². The highest BCUT2D eigenvalue weighted by Crippen LogP contribution is 2.21. The average Bonchev–Trinajstić information content (AvgIpc) is 2.56. The number of non-ortho nitro benzene ring substituents is 1. The van der Waals surface area contributed by atoms with Crippen LogP contribution in [-0.4, -0.2) is 10.8 Å². The van der Waals surface area contributed by atoms with Crippen LogP contribution in [0.2, 0.25) is 0 Å². The zero-order chi connectivity index (χ0) is 18.6. The van der Waals surface area contributed by atoms with E-state index in [1.165, 1.54) is 29.3 Å². The number of carbonyl (C=O) groups is 1. The Morgan fingerprint density at radius 1 is 1.08 bits per heavy atom. The van der Waals surface area contributed by atoms with E-state index < -0.39 is 4.92 Å². The lowest BCUT2D eigenvalue weighted by molar-refractivity contribution is -0.384. The molecule has 0 saturated carbocycles. The first-order valence-corrected chi connectivity index (χ1v) is 8.08. The maximum Gasteiger partial charge on any atom is 0.269 e. The number of benzene rings is 2. The number of nitrogens with one attached hydrogen (secondary N) is 1. The minimum Gasteiger partial charge on any atom is -0.346 e. The summed E-state index contributed by atoms with van der Waals surface area (Å²) >= 11 is 0. The van der Waals surface area contributed by atoms with Crippen molar-refractivity contribution >= 4 is 17.7 Å². The molecule has 130 valence electrons. The van der Waals surface area contributed by atoms with Gasteiger partial charge in [0, 0.05) is 18.2 Å². The molecule has 1 N–H and O–H groups in total. The molecule has 0 aliphatic rings. The zero-order valence-electron chi connectivity index (χ0n) is 14.9. The third-order valence-corrected chi connectivity index (χ3v) is 4.24. The highest BCUT2D eigenvalue weighted by atomic mass is 16.6. The fraction of sp³-hybridized carbons (Fsp3) is 0.250. The van der Waals surface area contributed by atoms with E-state index in [9.17, 15) is 14.9 Å². The Morgan fingerprint density at radius 3 is 2.28 bits per heavy atom. The van der Waals surface area contributed by atoms with E-state index in [0.717, 1.165) is 16.7 Å². The summed E-state index contributed by atoms with van der Waals surface area (Å²) in [7, 11) is 0. The molecule has 2 rings (SSSR count). The number of hydrogen-bond donors (Lipinski definition) is 1. The van der Waals surface area contributed by atoms with E-state index in [1.807, 2.05) is 13.8 Å². The SMILES string of the molecule is Cc1cc(C)c(C(C)NC(=O)/C=C/c2ccc([N+](=O)[O-])cc2)cc1C. The zero-order valence-corrected chi connectivity index (χ0v) is 14.9. The van der Waals surface area contributed by atoms with E-state index >= 15 is 0 Å². The van der Waals surface area contributed by atoms with Crippen LogP contribution in [0.3, 0.4) is 0 Å². The number of hydrogen-bond acceptors (Lipinski definition) is 3. The molecule has 1 unspecified atom stereocenters. The van der Waals surface area contributed by atoms with E-state index in [1.54, 1.807) is 18.2 Å². The van der Waals surface area contributed by atoms with Crippen molar-refractivity contribution in [2.24, 2.45) is 0 Å². The van der Waals surface area contributed by atoms with Crippen LogP contribution in [0.5, 0.6) is 0 Å². The van der Waals surface area contributed by atoms with Gasteiger partial charge in [-0.25, -0.2) is 0 Å². The highest BCUT2D eigenvalue weighted by molar-refractivity contribution is 5.92. The lowest BCUT2D eigenvalue weighted by atomic mass is 9.96. The van der Waals surface area contributed by atoms with Crippen molar-refractivity contribution in [1.82, 2.24) is 5.32 Å². The Bertz CT molecular complexity index is 824. The van der Waals surface area contributed by atoms with Crippen LogP contribution < -0.4 is 5.32 Å². The Balaban J connectivity index is 2.04. The van der Waals surface area contributed by atoms with Crippen molar-refractivity contribution in [1.29, 1.82) is 0 Å². The average molecular weight is 338 g/mol. The maximum absolute atomic E-state index is 12.1. The number of aryl methyl sites for hydroxylation is 3. The first-order valence-electron chi connectivity index (χ1n) is 8.08. The fourth-order valence-electron chi connectivity index (χ4n) is 2.67. The highest BCUT2D eigenvalue weighted by Gasteiger charge is 2.11. The minimum atomic E-state index is -0.451. The molecule has 5 heteroatoms. The van der Waals surface area contributed by atoms with E-state index in [2.05, 4.69) is 31.3 Å². The third kappa shape index (κ3) is 4.76. The van der Waals surface area contributed by atoms with Gasteiger partial charge in [-0.1, -0.05) is 12.1 Å². The molecule has 0 spiro atoms. The molecular formula is C20H22N2O3. The lowest BCUT2D eigenvalue weighted by Crippen LogP contribution is -2.25. The quantitative estimate of drug-likeness (QED) is 0.498. The van der Waals surface area contributed by atoms with Gasteiger partial charge in [-0.2, -0.15) is 0 Å². The molecule has 0 saturated heterocycles. The maximum atomic E-state index is 12.1. The van der Waals surface area contributed by atoms with Crippen molar-refractivity contribution in [3.05, 3.63) is 80.4 Å². The standard InChI is InChI=1S/C20H22N2O3/c1-13-11-15(3)19(12-14(13)2)16(4)21-20(23)10-7-17-5-8-18(9-6-17)22(24)25/h5-12,16H,1-4H3,(H,21,23)/b10-7+. The number of nitro benzene ring substituents is 1. The van der Waals surface area contributed by atoms with Crippen molar-refractivity contribution in [3.8, 4) is 0 Å². The van der Waals surface area contributed by atoms with E-state index in [4.69, 9.17) is 0 Å². The first kappa shape index (κ1) is 18.4. The van der Waals surface area contributed by atoms with Gasteiger partial charge in [-0.3, -0.25) is 14.9 Å². The predicted octanol–water partition coefficient (Wildman–Crippen LogP) is 4.41. The molecule has 0 aliphatic heterocycles. The molecule has 0 fully saturated rings. The largest absolute Gasteiger partial charge is 0.346 e. The molecule has 1 atom stereocenters. The van der Waals surface area contributed by atoms with Gasteiger partial charge < -0.3 is 5.32 Å². The van der Waals surface area contributed by atoms with Gasteiger partial charge in [0.05, 0.1) is 11.0 Å². The van der Waals surface area contributed by atoms with Gasteiger partial charge in [0.2, 0.25) is 5.91 Å². The molecule has 2 aromatic carbocycles. The Labute approximate surface area is 147 Å². The Kier molecular flexibility index (Phi) is 5.70. The second-order valence-electron chi connectivity index (χ2n) is 6.21. The molecular weight excluding hydrogens is 316 g/mol. The number of rotatable bonds is 5. The summed E-state index contributed by atoms with van der Waals surface area (Å²) in [5, 5.41) is 13.6. The first-order chi connectivity index (χ1) is 11.8. The van der Waals surface area contributed by atoms with E-state index in [0.29, 0.717) is 0 Å². The molecule has 0 aliphatic carbocycles. The summed E-state index contributed by atoms with van der Waals surface area (Å²) < 4.78 is 0. The van der Waals surface area contributed by atoms with Gasteiger partial charge in [0.15, 0.2) is 0 Å². The van der Waals surface area contributed by atoms with Crippen LogP contribution in [0.15, 0.2) is 42.5 Å². The molecule has 1 amide bonds. The summed E-state index contributed by atoms with van der Waals surface area (Å²) in [6.07, 6.45) is 3.08. The summed E-state index contributed by atoms with van der Waals surface area (Å²) in [6, 6.07) is 10.2. The number of nitrogens with zero attached hydrogens (tertiary/aromatic N) is 1. The topological polar surface area (TPSA) is 72.2 Å². The predicted molar refractivity (Wildman–Crippen MR) is 99.3 cm³/mol. The molecule has 0 heterocycles. The van der Waals surface area contributed by atoms with Gasteiger partial charge in [-0.05, 0) is 73.7 Å². The van der Waals surface area contributed by atoms with Gasteiger partial charge >= 0.3 is 0 Å². The van der Waals surface area contributed by atoms with Gasteiger partial charge in [-0.15, -0.1) is 0 Å². The summed E-state index contributed by atoms with van der Waals surface area (Å²) in [5.41, 5.74) is 5.44. The molecule has 5 nitrogen and oxygen atoms in total. The van der Waals surface area contributed by atoms with Crippen molar-refractivity contribution in [2.45, 2.75) is 33.7 Å². The monoisotopic (exact) mass is 338 g/mol. The third-order valence-electron chi connectivity index (χ3n) is 4.24. The van der Waals surface area contributed by atoms with Crippen molar-refractivity contribution in [3.63, 3.8) is 0 Å². The Morgan fingerprint density at radius 2 is 1.68 bits per heavy atom. The fourth-order valence-corrected chi connectivity index (χ4v) is 2.67. The van der Waals surface area contributed by atoms with Crippen molar-refractivity contribution in [2.75, 3.05) is 0 Å². The summed E-state index contributed by atoms with van der Waals surface area (Å²) in [4.78, 5) is 22.3. The molecule has 0 bridgehead atoms. The van der Waals surface area contributed by atoms with Gasteiger partial charge in [0.1, 0.15) is 0 Å². The second-order valence-corrected chi connectivity index (χ2v) is 6.21. The number of amides is 1. The van der Waals surface area contributed by atoms with Crippen LogP contribution in [0.4, 0.5) is 5.69 Å². The molecule has 0 aromatic heterocycles. The van der Waals surface area contributed by atoms with Gasteiger partial charge in [0.25, 0.3) is 5.69 Å². The van der Waals surface area contributed by atoms with Crippen LogP contribution in [0.25, 0.3) is 6.08 Å². The molecule has 25 heavy (non-hydrogen) atoms. The second kappa shape index (κ2) is 7.75. The smallest absolute Gasteiger partial charge is 0.269 e. The summed E-state index contributed by atoms with van der Waals surface area (Å²) in [5.74, 6) is -0.205. The summed E-state index contributed by atoms with van der Waals surface area (Å²) in [6.45, 7) is 8.12.